The molecular weight excluding hydrogens is 224 g/mol. The molecule has 0 unspecified atom stereocenters. The minimum Gasteiger partial charge on any atom is -0.297 e. The van der Waals surface area contributed by atoms with Crippen LogP contribution >= 0.6 is 0 Å². The minimum absolute atomic E-state index is 0.0943. The molecule has 1 aromatic carbocycles. The average molecular weight is 242 g/mol. The van der Waals surface area contributed by atoms with Gasteiger partial charge in [-0.3, -0.25) is 14.7 Å². The number of pyridine rings is 1. The van der Waals surface area contributed by atoms with E-state index < -0.39 is 5.54 Å². The van der Waals surface area contributed by atoms with Crippen molar-refractivity contribution in [2.45, 2.75) is 19.4 Å². The molecule has 0 N–H and O–H groups in total. The number of carbonyl (C=O) groups is 1. The Bertz CT molecular complexity index is 583. The summed E-state index contributed by atoms with van der Waals surface area (Å²) in [5.41, 5.74) is 0.929. The van der Waals surface area contributed by atoms with Crippen molar-refractivity contribution in [2.24, 2.45) is 0 Å². The highest BCUT2D eigenvalue weighted by atomic mass is 16.1. The first-order valence-electron chi connectivity index (χ1n) is 6.00. The predicted octanol–water partition coefficient (Wildman–Crippen LogP) is 2.76. The van der Waals surface area contributed by atoms with Crippen LogP contribution in [-0.4, -0.2) is 35.3 Å². The zero-order valence-corrected chi connectivity index (χ0v) is 11.3. The maximum Gasteiger partial charge on any atom is 0.184 e. The van der Waals surface area contributed by atoms with Crippen LogP contribution in [0.15, 0.2) is 36.5 Å². The quantitative estimate of drug-likeness (QED) is 0.776. The van der Waals surface area contributed by atoms with E-state index in [1.54, 1.807) is 6.20 Å². The number of hydrogen-bond donors (Lipinski definition) is 0. The highest BCUT2D eigenvalue weighted by Gasteiger charge is 2.31. The molecule has 0 saturated heterocycles. The van der Waals surface area contributed by atoms with Crippen molar-refractivity contribution >= 4 is 16.7 Å². The van der Waals surface area contributed by atoms with Crippen LogP contribution in [0, 0.1) is 0 Å². The molecule has 0 spiro atoms. The van der Waals surface area contributed by atoms with Gasteiger partial charge in [0.05, 0.1) is 11.1 Å². The maximum atomic E-state index is 12.6. The van der Waals surface area contributed by atoms with Gasteiger partial charge in [-0.05, 0) is 40.1 Å². The Labute approximate surface area is 107 Å². The van der Waals surface area contributed by atoms with Crippen molar-refractivity contribution in [1.29, 1.82) is 0 Å². The number of ketones is 1. The van der Waals surface area contributed by atoms with E-state index in [1.807, 2.05) is 63.2 Å². The largest absolute Gasteiger partial charge is 0.297 e. The van der Waals surface area contributed by atoms with Gasteiger partial charge in [0.25, 0.3) is 0 Å². The van der Waals surface area contributed by atoms with Crippen molar-refractivity contribution in [3.05, 3.63) is 42.1 Å². The topological polar surface area (TPSA) is 33.2 Å². The van der Waals surface area contributed by atoms with Gasteiger partial charge in [0, 0.05) is 17.1 Å². The van der Waals surface area contributed by atoms with Crippen LogP contribution < -0.4 is 0 Å². The zero-order chi connectivity index (χ0) is 13.3. The molecule has 2 rings (SSSR count). The molecule has 0 aliphatic rings. The number of benzene rings is 1. The van der Waals surface area contributed by atoms with Gasteiger partial charge in [-0.1, -0.05) is 18.2 Å². The van der Waals surface area contributed by atoms with Crippen molar-refractivity contribution in [3.8, 4) is 0 Å². The van der Waals surface area contributed by atoms with Crippen LogP contribution in [0.4, 0.5) is 0 Å². The first-order chi connectivity index (χ1) is 8.44. The summed E-state index contributed by atoms with van der Waals surface area (Å²) in [6.07, 6.45) is 1.72. The van der Waals surface area contributed by atoms with Crippen LogP contribution in [-0.2, 0) is 0 Å². The fraction of sp³-hybridized carbons (Fsp3) is 0.333. The number of likely N-dealkylation sites (N-methyl/N-ethyl adjacent to an activating group) is 1. The zero-order valence-electron chi connectivity index (χ0n) is 11.3. The highest BCUT2D eigenvalue weighted by Crippen LogP contribution is 2.23. The average Bonchev–Trinajstić information content (AvgIpc) is 2.37. The van der Waals surface area contributed by atoms with Gasteiger partial charge in [-0.15, -0.1) is 0 Å². The number of aromatic nitrogens is 1. The lowest BCUT2D eigenvalue weighted by atomic mass is 9.91. The molecule has 2 aromatic rings. The van der Waals surface area contributed by atoms with Gasteiger partial charge in [-0.2, -0.15) is 0 Å². The Morgan fingerprint density at radius 1 is 1.17 bits per heavy atom. The molecule has 0 fully saturated rings. The predicted molar refractivity (Wildman–Crippen MR) is 73.8 cm³/mol. The Balaban J connectivity index is 2.59. The SMILES string of the molecule is CN(C)C(C)(C)C(=O)c1cccc2cccnc12. The lowest BCUT2D eigenvalue weighted by molar-refractivity contribution is 0.0757. The molecule has 0 aliphatic heterocycles. The normalized spacial score (nSPS) is 12.1. The van der Waals surface area contributed by atoms with Crippen LogP contribution in [0.25, 0.3) is 10.9 Å². The summed E-state index contributed by atoms with van der Waals surface area (Å²) in [6.45, 7) is 3.86. The van der Waals surface area contributed by atoms with Gasteiger partial charge in [0.15, 0.2) is 5.78 Å². The summed E-state index contributed by atoms with van der Waals surface area (Å²) in [5.74, 6) is 0.0943. The summed E-state index contributed by atoms with van der Waals surface area (Å²) in [7, 11) is 3.83. The van der Waals surface area contributed by atoms with E-state index in [2.05, 4.69) is 4.98 Å². The van der Waals surface area contributed by atoms with E-state index in [4.69, 9.17) is 0 Å². The third kappa shape index (κ3) is 2.02. The summed E-state index contributed by atoms with van der Waals surface area (Å²) in [5, 5.41) is 0.998. The maximum absolute atomic E-state index is 12.6. The molecule has 3 heteroatoms. The van der Waals surface area contributed by atoms with Crippen molar-refractivity contribution in [2.75, 3.05) is 14.1 Å². The first kappa shape index (κ1) is 12.7. The van der Waals surface area contributed by atoms with E-state index in [9.17, 15) is 4.79 Å². The second kappa shape index (κ2) is 4.50. The van der Waals surface area contributed by atoms with Crippen molar-refractivity contribution in [1.82, 2.24) is 9.88 Å². The van der Waals surface area contributed by atoms with E-state index in [-0.39, 0.29) is 5.78 Å². The summed E-state index contributed by atoms with van der Waals surface area (Å²) >= 11 is 0. The monoisotopic (exact) mass is 242 g/mol. The van der Waals surface area contributed by atoms with E-state index in [0.717, 1.165) is 10.9 Å². The molecule has 1 aromatic heterocycles. The third-order valence-corrected chi connectivity index (χ3v) is 3.55. The first-order valence-corrected chi connectivity index (χ1v) is 6.00. The Kier molecular flexibility index (Phi) is 3.18. The van der Waals surface area contributed by atoms with E-state index in [1.165, 1.54) is 0 Å². The Morgan fingerprint density at radius 3 is 2.50 bits per heavy atom. The molecule has 0 aliphatic carbocycles. The van der Waals surface area contributed by atoms with Gasteiger partial charge in [-0.25, -0.2) is 0 Å². The van der Waals surface area contributed by atoms with Crippen LogP contribution in [0.1, 0.15) is 24.2 Å². The van der Waals surface area contributed by atoms with Crippen LogP contribution in [0.5, 0.6) is 0 Å². The minimum atomic E-state index is -0.536. The van der Waals surface area contributed by atoms with Crippen molar-refractivity contribution in [3.63, 3.8) is 0 Å². The fourth-order valence-corrected chi connectivity index (χ4v) is 1.82. The standard InChI is InChI=1S/C15H18N2O/c1-15(2,17(3)4)14(18)12-9-5-7-11-8-6-10-16-13(11)12/h5-10H,1-4H3. The van der Waals surface area contributed by atoms with Crippen LogP contribution in [0.2, 0.25) is 0 Å². The number of para-hydroxylation sites is 1. The number of carbonyl (C=O) groups excluding carboxylic acids is 1. The number of rotatable bonds is 3. The molecule has 0 bridgehead atoms. The molecule has 0 atom stereocenters. The molecule has 94 valence electrons. The Morgan fingerprint density at radius 2 is 1.83 bits per heavy atom. The van der Waals surface area contributed by atoms with Gasteiger partial charge < -0.3 is 0 Å². The van der Waals surface area contributed by atoms with E-state index in [0.29, 0.717) is 5.56 Å². The second-order valence-corrected chi connectivity index (χ2v) is 5.16. The Hall–Kier alpha value is -1.74. The lowest BCUT2D eigenvalue weighted by Gasteiger charge is -2.31. The molecule has 0 amide bonds. The van der Waals surface area contributed by atoms with Gasteiger partial charge in [0.1, 0.15) is 0 Å². The van der Waals surface area contributed by atoms with E-state index >= 15 is 0 Å². The molecule has 18 heavy (non-hydrogen) atoms. The van der Waals surface area contributed by atoms with Crippen molar-refractivity contribution < 1.29 is 4.79 Å². The summed E-state index contributed by atoms with van der Waals surface area (Å²) < 4.78 is 0. The molecule has 0 radical (unpaired) electrons. The molecule has 3 nitrogen and oxygen atoms in total. The second-order valence-electron chi connectivity index (χ2n) is 5.16. The van der Waals surface area contributed by atoms with Crippen LogP contribution in [0.3, 0.4) is 0 Å². The lowest BCUT2D eigenvalue weighted by Crippen LogP contribution is -2.45. The number of hydrogen-bond acceptors (Lipinski definition) is 3. The third-order valence-electron chi connectivity index (χ3n) is 3.55. The summed E-state index contributed by atoms with van der Waals surface area (Å²) in [6, 6.07) is 9.59. The fourth-order valence-electron chi connectivity index (χ4n) is 1.82. The molecule has 0 saturated carbocycles. The smallest absolute Gasteiger partial charge is 0.184 e. The van der Waals surface area contributed by atoms with Gasteiger partial charge in [0.2, 0.25) is 0 Å². The number of Topliss-reactive ketones (excluding diaryl/α,β-unsaturated/α-hetero) is 1. The van der Waals surface area contributed by atoms with Gasteiger partial charge >= 0.3 is 0 Å². The summed E-state index contributed by atoms with van der Waals surface area (Å²) in [4.78, 5) is 18.9. The number of nitrogens with zero attached hydrogens (tertiary/aromatic N) is 2. The molecule has 1 heterocycles. The number of fused-ring (bicyclic) bond motifs is 1. The molecular formula is C15H18N2O. The highest BCUT2D eigenvalue weighted by molar-refractivity contribution is 6.10.